The van der Waals surface area contributed by atoms with Gasteiger partial charge in [-0.25, -0.2) is 0 Å². The van der Waals surface area contributed by atoms with Gasteiger partial charge in [0, 0.05) is 16.2 Å². The molecule has 98 valence electrons. The van der Waals surface area contributed by atoms with E-state index >= 15 is 0 Å². The van der Waals surface area contributed by atoms with Crippen molar-refractivity contribution in [1.82, 2.24) is 0 Å². The molecule has 0 saturated heterocycles. The smallest absolute Gasteiger partial charge is 0.248 e. The predicted octanol–water partition coefficient (Wildman–Crippen LogP) is 4.76. The van der Waals surface area contributed by atoms with Gasteiger partial charge in [0.2, 0.25) is 5.91 Å². The van der Waals surface area contributed by atoms with Crippen LogP contribution in [-0.2, 0) is 4.79 Å². The average Bonchev–Trinajstić information content (AvgIpc) is 2.76. The molecule has 2 aromatic rings. The second-order valence-corrected chi connectivity index (χ2v) is 5.62. The molecule has 5 heteroatoms. The quantitative estimate of drug-likeness (QED) is 0.774. The maximum Gasteiger partial charge on any atom is 0.248 e. The number of halogens is 2. The van der Waals surface area contributed by atoms with Crippen LogP contribution in [0.3, 0.4) is 0 Å². The number of benzene rings is 1. The first-order chi connectivity index (χ1) is 9.04. The number of carbonyl (C=O) groups is 1. The van der Waals surface area contributed by atoms with Gasteiger partial charge >= 0.3 is 0 Å². The molecule has 0 unspecified atom stereocenters. The van der Waals surface area contributed by atoms with Gasteiger partial charge in [-0.05, 0) is 64.8 Å². The molecule has 0 bridgehead atoms. The topological polar surface area (TPSA) is 42.2 Å². The molecule has 1 heterocycles. The number of hydrogen-bond acceptors (Lipinski definition) is 2. The van der Waals surface area contributed by atoms with Crippen molar-refractivity contribution in [3.8, 4) is 0 Å². The molecule has 2 rings (SSSR count). The molecule has 1 N–H and O–H groups in total. The van der Waals surface area contributed by atoms with Gasteiger partial charge in [0.05, 0.1) is 0 Å². The fourth-order valence-corrected chi connectivity index (χ4v) is 2.31. The van der Waals surface area contributed by atoms with Crippen LogP contribution in [0, 0.1) is 6.92 Å². The number of anilines is 1. The summed E-state index contributed by atoms with van der Waals surface area (Å²) in [6.45, 7) is 1.94. The van der Waals surface area contributed by atoms with E-state index in [4.69, 9.17) is 4.42 Å². The molecule has 0 atom stereocenters. The molecule has 0 aliphatic rings. The van der Waals surface area contributed by atoms with Crippen molar-refractivity contribution >= 4 is 49.5 Å². The van der Waals surface area contributed by atoms with E-state index in [1.807, 2.05) is 25.1 Å². The Labute approximate surface area is 127 Å². The Morgan fingerprint density at radius 2 is 2.05 bits per heavy atom. The van der Waals surface area contributed by atoms with Crippen LogP contribution in [0.1, 0.15) is 11.3 Å². The van der Waals surface area contributed by atoms with E-state index in [2.05, 4.69) is 37.2 Å². The molecule has 0 spiro atoms. The molecule has 0 aliphatic carbocycles. The molecule has 1 aromatic carbocycles. The van der Waals surface area contributed by atoms with Crippen LogP contribution in [0.4, 0.5) is 5.69 Å². The lowest BCUT2D eigenvalue weighted by Gasteiger charge is -2.06. The van der Waals surface area contributed by atoms with Crippen molar-refractivity contribution in [2.24, 2.45) is 0 Å². The van der Waals surface area contributed by atoms with E-state index in [-0.39, 0.29) is 5.91 Å². The van der Waals surface area contributed by atoms with Gasteiger partial charge in [0.25, 0.3) is 0 Å². The molecule has 1 aromatic heterocycles. The van der Waals surface area contributed by atoms with Gasteiger partial charge in [-0.15, -0.1) is 0 Å². The van der Waals surface area contributed by atoms with Crippen molar-refractivity contribution in [3.63, 3.8) is 0 Å². The first kappa shape index (κ1) is 14.1. The SMILES string of the molecule is Cc1cc(Br)ccc1NC(=O)C=Cc1ccc(Br)o1. The third kappa shape index (κ3) is 4.08. The highest BCUT2D eigenvalue weighted by Crippen LogP contribution is 2.20. The summed E-state index contributed by atoms with van der Waals surface area (Å²) in [6, 6.07) is 9.24. The summed E-state index contributed by atoms with van der Waals surface area (Å²) in [6.07, 6.45) is 3.06. The van der Waals surface area contributed by atoms with Crippen LogP contribution >= 0.6 is 31.9 Å². The third-order valence-electron chi connectivity index (χ3n) is 2.44. The van der Waals surface area contributed by atoms with Gasteiger partial charge in [-0.2, -0.15) is 0 Å². The average molecular weight is 385 g/mol. The van der Waals surface area contributed by atoms with Crippen molar-refractivity contribution in [2.45, 2.75) is 6.92 Å². The number of rotatable bonds is 3. The van der Waals surface area contributed by atoms with Crippen molar-refractivity contribution in [3.05, 3.63) is 56.9 Å². The van der Waals surface area contributed by atoms with Crippen LogP contribution in [-0.4, -0.2) is 5.91 Å². The van der Waals surface area contributed by atoms with Crippen LogP contribution in [0.5, 0.6) is 0 Å². The first-order valence-electron chi connectivity index (χ1n) is 5.55. The number of nitrogens with one attached hydrogen (secondary N) is 1. The van der Waals surface area contributed by atoms with Crippen LogP contribution in [0.25, 0.3) is 6.08 Å². The standard InChI is InChI=1S/C14H11Br2NO2/c1-9-8-10(15)2-5-12(9)17-14(18)7-4-11-3-6-13(16)19-11/h2-8H,1H3,(H,17,18). The Hall–Kier alpha value is -1.33. The van der Waals surface area contributed by atoms with E-state index in [1.54, 1.807) is 18.2 Å². The third-order valence-corrected chi connectivity index (χ3v) is 3.36. The van der Waals surface area contributed by atoms with Gasteiger partial charge in [-0.1, -0.05) is 15.9 Å². The lowest BCUT2D eigenvalue weighted by Crippen LogP contribution is -2.08. The largest absolute Gasteiger partial charge is 0.450 e. The number of aryl methyl sites for hydroxylation is 1. The minimum Gasteiger partial charge on any atom is -0.450 e. The summed E-state index contributed by atoms with van der Waals surface area (Å²) in [5.41, 5.74) is 1.79. The molecular formula is C14H11Br2NO2. The molecule has 19 heavy (non-hydrogen) atoms. The molecule has 0 aliphatic heterocycles. The lowest BCUT2D eigenvalue weighted by molar-refractivity contribution is -0.111. The fraction of sp³-hybridized carbons (Fsp3) is 0.0714. The predicted molar refractivity (Wildman–Crippen MR) is 83.0 cm³/mol. The van der Waals surface area contributed by atoms with Crippen LogP contribution in [0.15, 0.2) is 50.0 Å². The highest BCUT2D eigenvalue weighted by Gasteiger charge is 2.02. The van der Waals surface area contributed by atoms with E-state index < -0.39 is 0 Å². The summed E-state index contributed by atoms with van der Waals surface area (Å²) in [5, 5.41) is 2.81. The van der Waals surface area contributed by atoms with Gasteiger partial charge < -0.3 is 9.73 Å². The van der Waals surface area contributed by atoms with E-state index in [9.17, 15) is 4.79 Å². The maximum atomic E-state index is 11.8. The summed E-state index contributed by atoms with van der Waals surface area (Å²) < 4.78 is 6.89. The number of amides is 1. The monoisotopic (exact) mass is 383 g/mol. The Kier molecular flexibility index (Phi) is 4.61. The molecule has 0 fully saturated rings. The minimum absolute atomic E-state index is 0.196. The molecule has 0 saturated carbocycles. The number of hydrogen-bond donors (Lipinski definition) is 1. The van der Waals surface area contributed by atoms with Crippen molar-refractivity contribution < 1.29 is 9.21 Å². The van der Waals surface area contributed by atoms with Gasteiger partial charge in [-0.3, -0.25) is 4.79 Å². The molecular weight excluding hydrogens is 374 g/mol. The highest BCUT2D eigenvalue weighted by molar-refractivity contribution is 9.10. The molecule has 3 nitrogen and oxygen atoms in total. The highest BCUT2D eigenvalue weighted by atomic mass is 79.9. The Morgan fingerprint density at radius 3 is 2.68 bits per heavy atom. The second kappa shape index (κ2) is 6.21. The van der Waals surface area contributed by atoms with Crippen molar-refractivity contribution in [1.29, 1.82) is 0 Å². The summed E-state index contributed by atoms with van der Waals surface area (Å²) >= 11 is 6.59. The Bertz CT molecular complexity index is 632. The zero-order valence-electron chi connectivity index (χ0n) is 10.1. The summed E-state index contributed by atoms with van der Waals surface area (Å²) in [4.78, 5) is 11.8. The zero-order valence-corrected chi connectivity index (χ0v) is 13.3. The van der Waals surface area contributed by atoms with E-state index in [0.29, 0.717) is 10.4 Å². The molecule has 0 radical (unpaired) electrons. The van der Waals surface area contributed by atoms with E-state index in [1.165, 1.54) is 6.08 Å². The number of furan rings is 1. The first-order valence-corrected chi connectivity index (χ1v) is 7.14. The Balaban J connectivity index is 2.03. The zero-order chi connectivity index (χ0) is 13.8. The Morgan fingerprint density at radius 1 is 1.26 bits per heavy atom. The fourth-order valence-electron chi connectivity index (χ4n) is 1.52. The van der Waals surface area contributed by atoms with Crippen LogP contribution < -0.4 is 5.32 Å². The normalized spacial score (nSPS) is 10.9. The summed E-state index contributed by atoms with van der Waals surface area (Å²) in [5.74, 6) is 0.424. The van der Waals surface area contributed by atoms with Gasteiger partial charge in [0.15, 0.2) is 4.67 Å². The minimum atomic E-state index is -0.196. The molecule has 1 amide bonds. The number of carbonyl (C=O) groups excluding carboxylic acids is 1. The van der Waals surface area contributed by atoms with Crippen molar-refractivity contribution in [2.75, 3.05) is 5.32 Å². The lowest BCUT2D eigenvalue weighted by atomic mass is 10.2. The van der Waals surface area contributed by atoms with E-state index in [0.717, 1.165) is 15.7 Å². The second-order valence-electron chi connectivity index (χ2n) is 3.92. The van der Waals surface area contributed by atoms with Crippen LogP contribution in [0.2, 0.25) is 0 Å². The maximum absolute atomic E-state index is 11.8. The van der Waals surface area contributed by atoms with Gasteiger partial charge in [0.1, 0.15) is 5.76 Å². The summed E-state index contributed by atoms with van der Waals surface area (Å²) in [7, 11) is 0.